The Bertz CT molecular complexity index is 1240. The lowest BCUT2D eigenvalue weighted by Crippen LogP contribution is -2.28. The molecule has 1 saturated heterocycles. The molecule has 3 aromatic rings. The van der Waals surface area contributed by atoms with Gasteiger partial charge in [0.15, 0.2) is 18.1 Å². The number of anilines is 2. The van der Waals surface area contributed by atoms with Crippen LogP contribution >= 0.6 is 0 Å². The molecule has 36 heavy (non-hydrogen) atoms. The van der Waals surface area contributed by atoms with E-state index in [0.717, 1.165) is 0 Å². The van der Waals surface area contributed by atoms with E-state index in [1.165, 1.54) is 12.0 Å². The summed E-state index contributed by atoms with van der Waals surface area (Å²) >= 11 is 0. The molecule has 0 radical (unpaired) electrons. The number of methoxy groups -OCH3 is 2. The number of carbonyl (C=O) groups excluding carboxylic acids is 3. The zero-order valence-corrected chi connectivity index (χ0v) is 19.9. The van der Waals surface area contributed by atoms with Crippen LogP contribution in [0, 0.1) is 5.92 Å². The van der Waals surface area contributed by atoms with Crippen LogP contribution in [0.2, 0.25) is 0 Å². The predicted octanol–water partition coefficient (Wildman–Crippen LogP) is 4.03. The lowest BCUT2D eigenvalue weighted by atomic mass is 10.1. The Labute approximate surface area is 208 Å². The van der Waals surface area contributed by atoms with Crippen LogP contribution < -0.4 is 24.4 Å². The average Bonchev–Trinajstić information content (AvgIpc) is 3.29. The molecule has 0 unspecified atom stereocenters. The highest BCUT2D eigenvalue weighted by Crippen LogP contribution is 2.33. The molecule has 0 saturated carbocycles. The van der Waals surface area contributed by atoms with E-state index in [2.05, 4.69) is 5.32 Å². The van der Waals surface area contributed by atoms with Gasteiger partial charge in [-0.2, -0.15) is 0 Å². The van der Waals surface area contributed by atoms with E-state index in [4.69, 9.17) is 18.9 Å². The molecule has 1 atom stereocenters. The van der Waals surface area contributed by atoms with Gasteiger partial charge in [-0.1, -0.05) is 18.2 Å². The van der Waals surface area contributed by atoms with Gasteiger partial charge in [-0.15, -0.1) is 0 Å². The van der Waals surface area contributed by atoms with Crippen molar-refractivity contribution >= 4 is 29.2 Å². The Hall–Kier alpha value is -4.53. The Morgan fingerprint density at radius 3 is 2.39 bits per heavy atom. The number of hydrogen-bond acceptors (Lipinski definition) is 7. The van der Waals surface area contributed by atoms with Gasteiger partial charge in [0, 0.05) is 30.4 Å². The highest BCUT2D eigenvalue weighted by molar-refractivity contribution is 6.00. The third kappa shape index (κ3) is 5.93. The van der Waals surface area contributed by atoms with Crippen LogP contribution in [0.3, 0.4) is 0 Å². The maximum absolute atomic E-state index is 12.6. The summed E-state index contributed by atoms with van der Waals surface area (Å²) < 4.78 is 21.4. The second-order valence-corrected chi connectivity index (χ2v) is 8.04. The number of nitrogens with one attached hydrogen (secondary N) is 1. The summed E-state index contributed by atoms with van der Waals surface area (Å²) in [6, 6.07) is 21.1. The van der Waals surface area contributed by atoms with Crippen molar-refractivity contribution in [3.8, 4) is 23.0 Å². The fourth-order valence-corrected chi connectivity index (χ4v) is 3.79. The molecule has 1 heterocycles. The molecular weight excluding hydrogens is 464 g/mol. The summed E-state index contributed by atoms with van der Waals surface area (Å²) in [7, 11) is 3.10. The third-order valence-electron chi connectivity index (χ3n) is 5.60. The summed E-state index contributed by atoms with van der Waals surface area (Å²) in [4.78, 5) is 38.8. The first-order valence-electron chi connectivity index (χ1n) is 11.3. The molecule has 186 valence electrons. The van der Waals surface area contributed by atoms with E-state index in [1.54, 1.807) is 67.8 Å². The Balaban J connectivity index is 1.30. The fraction of sp³-hybridized carbons (Fsp3) is 0.222. The van der Waals surface area contributed by atoms with Crippen molar-refractivity contribution in [2.24, 2.45) is 5.92 Å². The lowest BCUT2D eigenvalue weighted by molar-refractivity contribution is -0.151. The highest BCUT2D eigenvalue weighted by Gasteiger charge is 2.36. The van der Waals surface area contributed by atoms with Gasteiger partial charge in [0.05, 0.1) is 20.1 Å². The minimum absolute atomic E-state index is 0.00972. The fourth-order valence-electron chi connectivity index (χ4n) is 3.79. The molecule has 9 nitrogen and oxygen atoms in total. The number of nitrogens with zero attached hydrogens (tertiary/aromatic N) is 1. The quantitative estimate of drug-likeness (QED) is 0.452. The van der Waals surface area contributed by atoms with Gasteiger partial charge >= 0.3 is 5.97 Å². The first-order valence-corrected chi connectivity index (χ1v) is 11.3. The Morgan fingerprint density at radius 2 is 1.67 bits per heavy atom. The van der Waals surface area contributed by atoms with Gasteiger partial charge in [-0.25, -0.2) is 0 Å². The number of benzene rings is 3. The molecule has 3 aromatic carbocycles. The summed E-state index contributed by atoms with van der Waals surface area (Å²) in [6.45, 7) is -0.280. The second-order valence-electron chi connectivity index (χ2n) is 8.04. The van der Waals surface area contributed by atoms with Crippen LogP contribution in [0.25, 0.3) is 0 Å². The summed E-state index contributed by atoms with van der Waals surface area (Å²) in [6.07, 6.45) is 0.00972. The summed E-state index contributed by atoms with van der Waals surface area (Å²) in [5, 5.41) is 2.64. The van der Waals surface area contributed by atoms with Gasteiger partial charge < -0.3 is 29.2 Å². The van der Waals surface area contributed by atoms with Gasteiger partial charge in [-0.3, -0.25) is 14.4 Å². The molecule has 0 bridgehead atoms. The van der Waals surface area contributed by atoms with Crippen LogP contribution in [0.5, 0.6) is 23.0 Å². The predicted molar refractivity (Wildman–Crippen MR) is 133 cm³/mol. The molecule has 2 amide bonds. The van der Waals surface area contributed by atoms with E-state index in [9.17, 15) is 14.4 Å². The standard InChI is InChI=1S/C27H26N2O7/c1-33-22-7-5-6-19(15-22)28-25(30)17-35-27(32)18-14-26(31)29(16-18)20-10-12-21(13-11-20)36-24-9-4-3-8-23(24)34-2/h3-13,15,18H,14,16-17H2,1-2H3,(H,28,30)/t18-/m1/s1. The van der Waals surface area contributed by atoms with Crippen molar-refractivity contribution in [3.63, 3.8) is 0 Å². The zero-order valence-electron chi connectivity index (χ0n) is 19.9. The highest BCUT2D eigenvalue weighted by atomic mass is 16.5. The van der Waals surface area contributed by atoms with Crippen molar-refractivity contribution < 1.29 is 33.3 Å². The van der Waals surface area contributed by atoms with Crippen LogP contribution in [-0.2, 0) is 19.1 Å². The maximum atomic E-state index is 12.6. The molecule has 1 aliphatic rings. The molecule has 0 spiro atoms. The van der Waals surface area contributed by atoms with Gasteiger partial charge in [0.2, 0.25) is 5.91 Å². The van der Waals surface area contributed by atoms with Gasteiger partial charge in [0.1, 0.15) is 11.5 Å². The average molecular weight is 491 g/mol. The second kappa shape index (κ2) is 11.3. The van der Waals surface area contributed by atoms with Crippen LogP contribution in [-0.4, -0.2) is 45.2 Å². The number of rotatable bonds is 9. The van der Waals surface area contributed by atoms with E-state index < -0.39 is 24.4 Å². The van der Waals surface area contributed by atoms with Crippen molar-refractivity contribution in [2.45, 2.75) is 6.42 Å². The largest absolute Gasteiger partial charge is 0.497 e. The van der Waals surface area contributed by atoms with Crippen LogP contribution in [0.15, 0.2) is 72.8 Å². The summed E-state index contributed by atoms with van der Waals surface area (Å²) in [5.74, 6) is 0.411. The van der Waals surface area contributed by atoms with Crippen molar-refractivity contribution in [1.29, 1.82) is 0 Å². The molecule has 4 rings (SSSR count). The van der Waals surface area contributed by atoms with E-state index in [-0.39, 0.29) is 18.9 Å². The third-order valence-corrected chi connectivity index (χ3v) is 5.60. The SMILES string of the molecule is COc1cccc(NC(=O)COC(=O)[C@@H]2CC(=O)N(c3ccc(Oc4ccccc4OC)cc3)C2)c1. The topological polar surface area (TPSA) is 103 Å². The Morgan fingerprint density at radius 1 is 0.917 bits per heavy atom. The number of carbonyl (C=O) groups is 3. The monoisotopic (exact) mass is 490 g/mol. The number of esters is 1. The number of hydrogen-bond donors (Lipinski definition) is 1. The molecule has 9 heteroatoms. The van der Waals surface area contributed by atoms with Crippen molar-refractivity contribution in [2.75, 3.05) is 37.6 Å². The van der Waals surface area contributed by atoms with Crippen molar-refractivity contribution in [1.82, 2.24) is 0 Å². The molecular formula is C27H26N2O7. The summed E-state index contributed by atoms with van der Waals surface area (Å²) in [5.41, 5.74) is 1.16. The maximum Gasteiger partial charge on any atom is 0.311 e. The number of para-hydroxylation sites is 2. The lowest BCUT2D eigenvalue weighted by Gasteiger charge is -2.17. The van der Waals surface area contributed by atoms with Gasteiger partial charge in [0.25, 0.3) is 5.91 Å². The minimum atomic E-state index is -0.661. The van der Waals surface area contributed by atoms with Gasteiger partial charge in [-0.05, 0) is 48.5 Å². The molecule has 0 aromatic heterocycles. The first kappa shape index (κ1) is 24.6. The van der Waals surface area contributed by atoms with E-state index >= 15 is 0 Å². The zero-order chi connectivity index (χ0) is 25.5. The number of ether oxygens (including phenoxy) is 4. The van der Waals surface area contributed by atoms with E-state index in [1.807, 2.05) is 12.1 Å². The van der Waals surface area contributed by atoms with Crippen LogP contribution in [0.1, 0.15) is 6.42 Å². The number of amides is 2. The minimum Gasteiger partial charge on any atom is -0.497 e. The Kier molecular flexibility index (Phi) is 7.69. The molecule has 1 aliphatic heterocycles. The van der Waals surface area contributed by atoms with Crippen LogP contribution in [0.4, 0.5) is 11.4 Å². The molecule has 1 N–H and O–H groups in total. The van der Waals surface area contributed by atoms with Crippen molar-refractivity contribution in [3.05, 3.63) is 72.8 Å². The smallest absolute Gasteiger partial charge is 0.311 e. The first-order chi connectivity index (χ1) is 17.5. The molecule has 0 aliphatic carbocycles. The molecule has 1 fully saturated rings. The normalized spacial score (nSPS) is 14.8. The van der Waals surface area contributed by atoms with E-state index in [0.29, 0.717) is 34.4 Å².